The smallest absolute Gasteiger partial charge is 0.0620 e. The summed E-state index contributed by atoms with van der Waals surface area (Å²) in [6.45, 7) is 0. The van der Waals surface area contributed by atoms with Gasteiger partial charge >= 0.3 is 0 Å². The highest BCUT2D eigenvalue weighted by molar-refractivity contribution is 6.24. The van der Waals surface area contributed by atoms with Gasteiger partial charge in [0.25, 0.3) is 0 Å². The van der Waals surface area contributed by atoms with E-state index in [0.717, 1.165) is 0 Å². The lowest BCUT2D eigenvalue weighted by molar-refractivity contribution is 1.37. The molecule has 7 aromatic carbocycles. The number of aromatic nitrogens is 1. The van der Waals surface area contributed by atoms with Gasteiger partial charge < -0.3 is 4.40 Å². The zero-order valence-electron chi connectivity index (χ0n) is 23.5. The van der Waals surface area contributed by atoms with E-state index < -0.39 is 0 Å². The Morgan fingerprint density at radius 1 is 0.256 bits per heavy atom. The van der Waals surface area contributed by atoms with Gasteiger partial charge in [0.05, 0.1) is 16.6 Å². The first-order valence-electron chi connectivity index (χ1n) is 14.9. The lowest BCUT2D eigenvalue weighted by atomic mass is 9.95. The van der Waals surface area contributed by atoms with Gasteiger partial charge in [-0.15, -0.1) is 0 Å². The molecule has 1 nitrogen and oxygen atoms in total. The summed E-state index contributed by atoms with van der Waals surface area (Å²) in [5.41, 5.74) is 13.7. The number of nitrogens with zero attached hydrogens (tertiary/aromatic N) is 1. The Labute approximate surface area is 250 Å². The molecule has 0 aliphatic rings. The standard InChI is InChI=1S/C42H27N/c1-3-10-28(11-4-1)30-14-7-15-31(24-30)32-16-8-17-33(25-32)35-21-23-41-39(27-35)37-19-9-18-36-38-26-34(29-12-5-2-6-13-29)20-22-40(38)43(41)42(36)37/h1-27H. The Balaban J connectivity index is 1.17. The molecule has 2 heterocycles. The maximum atomic E-state index is 2.46. The summed E-state index contributed by atoms with van der Waals surface area (Å²) in [5, 5.41) is 5.21. The van der Waals surface area contributed by atoms with Crippen molar-refractivity contribution in [2.45, 2.75) is 0 Å². The molecule has 0 spiro atoms. The summed E-state index contributed by atoms with van der Waals surface area (Å²) in [6, 6.07) is 59.6. The maximum absolute atomic E-state index is 2.46. The van der Waals surface area contributed by atoms with Gasteiger partial charge in [0.1, 0.15) is 0 Å². The third-order valence-electron chi connectivity index (χ3n) is 8.92. The molecule has 9 rings (SSSR count). The van der Waals surface area contributed by atoms with Crippen molar-refractivity contribution in [3.8, 4) is 44.5 Å². The topological polar surface area (TPSA) is 4.41 Å². The summed E-state index contributed by atoms with van der Waals surface area (Å²) in [6.07, 6.45) is 0. The van der Waals surface area contributed by atoms with Crippen LogP contribution in [0.15, 0.2) is 164 Å². The second kappa shape index (κ2) is 9.44. The van der Waals surface area contributed by atoms with E-state index in [-0.39, 0.29) is 0 Å². The molecule has 0 aliphatic carbocycles. The van der Waals surface area contributed by atoms with Crippen molar-refractivity contribution in [2.24, 2.45) is 0 Å². The van der Waals surface area contributed by atoms with Gasteiger partial charge in [-0.2, -0.15) is 0 Å². The second-order valence-electron chi connectivity index (χ2n) is 11.4. The molecule has 0 atom stereocenters. The highest BCUT2D eigenvalue weighted by Crippen LogP contribution is 2.41. The van der Waals surface area contributed by atoms with Gasteiger partial charge in [-0.05, 0) is 80.9 Å². The molecule has 0 N–H and O–H groups in total. The van der Waals surface area contributed by atoms with Crippen molar-refractivity contribution in [1.29, 1.82) is 0 Å². The van der Waals surface area contributed by atoms with Gasteiger partial charge in [0.2, 0.25) is 0 Å². The molecule has 2 aromatic heterocycles. The van der Waals surface area contributed by atoms with Gasteiger partial charge in [-0.3, -0.25) is 0 Å². The molecule has 0 bridgehead atoms. The summed E-state index contributed by atoms with van der Waals surface area (Å²) in [5.74, 6) is 0. The summed E-state index contributed by atoms with van der Waals surface area (Å²) in [7, 11) is 0. The first-order chi connectivity index (χ1) is 21.3. The number of para-hydroxylation sites is 1. The van der Waals surface area contributed by atoms with Gasteiger partial charge in [0, 0.05) is 21.5 Å². The van der Waals surface area contributed by atoms with Gasteiger partial charge in [0.15, 0.2) is 0 Å². The highest BCUT2D eigenvalue weighted by atomic mass is 14.9. The SMILES string of the molecule is c1ccc(-c2cccc(-c3cccc(-c4ccc5c(c4)c4cccc6c7cc(-c8ccccc8)ccc7n5c64)c3)c2)cc1. The average Bonchev–Trinajstić information content (AvgIpc) is 3.61. The number of fused-ring (bicyclic) bond motifs is 6. The van der Waals surface area contributed by atoms with Crippen molar-refractivity contribution >= 4 is 38.1 Å². The third-order valence-corrected chi connectivity index (χ3v) is 8.92. The van der Waals surface area contributed by atoms with Crippen molar-refractivity contribution in [1.82, 2.24) is 4.40 Å². The summed E-state index contributed by atoms with van der Waals surface area (Å²) in [4.78, 5) is 0. The fraction of sp³-hybridized carbons (Fsp3) is 0. The van der Waals surface area contributed by atoms with Crippen LogP contribution in [0.4, 0.5) is 0 Å². The molecule has 43 heavy (non-hydrogen) atoms. The van der Waals surface area contributed by atoms with Crippen molar-refractivity contribution in [3.63, 3.8) is 0 Å². The zero-order chi connectivity index (χ0) is 28.3. The van der Waals surface area contributed by atoms with Crippen LogP contribution >= 0.6 is 0 Å². The maximum Gasteiger partial charge on any atom is 0.0620 e. The first kappa shape index (κ1) is 24.0. The zero-order valence-corrected chi connectivity index (χ0v) is 23.5. The predicted molar refractivity (Wildman–Crippen MR) is 183 cm³/mol. The Bertz CT molecular complexity index is 2430. The van der Waals surface area contributed by atoms with E-state index in [1.807, 2.05) is 0 Å². The molecule has 0 radical (unpaired) electrons. The fourth-order valence-corrected chi connectivity index (χ4v) is 6.86. The first-order valence-corrected chi connectivity index (χ1v) is 14.9. The van der Waals surface area contributed by atoms with Crippen LogP contribution in [0.1, 0.15) is 0 Å². The number of benzene rings is 7. The minimum absolute atomic E-state index is 1.23. The molecular weight excluding hydrogens is 518 g/mol. The lowest BCUT2D eigenvalue weighted by Gasteiger charge is -2.09. The van der Waals surface area contributed by atoms with E-state index in [0.29, 0.717) is 0 Å². The van der Waals surface area contributed by atoms with Crippen LogP contribution in [0.5, 0.6) is 0 Å². The van der Waals surface area contributed by atoms with E-state index in [1.165, 1.54) is 82.6 Å². The monoisotopic (exact) mass is 545 g/mol. The van der Waals surface area contributed by atoms with Crippen LogP contribution in [0.3, 0.4) is 0 Å². The van der Waals surface area contributed by atoms with E-state index in [1.54, 1.807) is 0 Å². The Morgan fingerprint density at radius 3 is 1.12 bits per heavy atom. The molecule has 0 unspecified atom stereocenters. The highest BCUT2D eigenvalue weighted by Gasteiger charge is 2.18. The van der Waals surface area contributed by atoms with Crippen molar-refractivity contribution in [3.05, 3.63) is 164 Å². The number of hydrogen-bond donors (Lipinski definition) is 0. The van der Waals surface area contributed by atoms with Crippen LogP contribution in [0.2, 0.25) is 0 Å². The van der Waals surface area contributed by atoms with Crippen LogP contribution in [-0.2, 0) is 0 Å². The van der Waals surface area contributed by atoms with E-state index in [2.05, 4.69) is 168 Å². The van der Waals surface area contributed by atoms with E-state index >= 15 is 0 Å². The Morgan fingerprint density at radius 2 is 0.628 bits per heavy atom. The normalized spacial score (nSPS) is 11.7. The molecule has 0 saturated carbocycles. The Hall–Kier alpha value is -5.66. The third kappa shape index (κ3) is 3.79. The molecule has 0 saturated heterocycles. The Kier molecular flexibility index (Phi) is 5.27. The average molecular weight is 546 g/mol. The van der Waals surface area contributed by atoms with Gasteiger partial charge in [-0.1, -0.05) is 127 Å². The molecular formula is C42H27N. The lowest BCUT2D eigenvalue weighted by Crippen LogP contribution is -1.85. The number of rotatable bonds is 4. The quantitative estimate of drug-likeness (QED) is 0.207. The van der Waals surface area contributed by atoms with E-state index in [9.17, 15) is 0 Å². The molecule has 200 valence electrons. The number of hydrogen-bond acceptors (Lipinski definition) is 0. The van der Waals surface area contributed by atoms with Crippen molar-refractivity contribution < 1.29 is 0 Å². The van der Waals surface area contributed by atoms with Crippen LogP contribution in [0.25, 0.3) is 82.6 Å². The minimum Gasteiger partial charge on any atom is -0.308 e. The second-order valence-corrected chi connectivity index (χ2v) is 11.4. The van der Waals surface area contributed by atoms with Crippen molar-refractivity contribution in [2.75, 3.05) is 0 Å². The largest absolute Gasteiger partial charge is 0.308 e. The molecule has 0 amide bonds. The predicted octanol–water partition coefficient (Wildman–Crippen LogP) is 11.5. The molecule has 9 aromatic rings. The van der Waals surface area contributed by atoms with Crippen LogP contribution in [-0.4, -0.2) is 4.40 Å². The fourth-order valence-electron chi connectivity index (χ4n) is 6.86. The van der Waals surface area contributed by atoms with Gasteiger partial charge in [-0.25, -0.2) is 0 Å². The molecule has 0 fully saturated rings. The summed E-state index contributed by atoms with van der Waals surface area (Å²) < 4.78 is 2.46. The van der Waals surface area contributed by atoms with Crippen LogP contribution < -0.4 is 0 Å². The summed E-state index contributed by atoms with van der Waals surface area (Å²) >= 11 is 0. The van der Waals surface area contributed by atoms with E-state index in [4.69, 9.17) is 0 Å². The minimum atomic E-state index is 1.23. The van der Waals surface area contributed by atoms with Crippen LogP contribution in [0, 0.1) is 0 Å². The molecule has 1 heteroatoms. The molecule has 0 aliphatic heterocycles.